The van der Waals surface area contributed by atoms with Crippen LogP contribution in [-0.2, 0) is 4.79 Å². The van der Waals surface area contributed by atoms with Crippen molar-refractivity contribution in [1.82, 2.24) is 0 Å². The van der Waals surface area contributed by atoms with Gasteiger partial charge in [-0.1, -0.05) is 40.2 Å². The highest BCUT2D eigenvalue weighted by Crippen LogP contribution is 2.37. The Morgan fingerprint density at radius 3 is 2.10 bits per heavy atom. The first kappa shape index (κ1) is 14.7. The van der Waals surface area contributed by atoms with Gasteiger partial charge in [-0.15, -0.1) is 0 Å². The van der Waals surface area contributed by atoms with Crippen LogP contribution in [0.3, 0.4) is 0 Å². The molecule has 0 bridgehead atoms. The number of carbonyl (C=O) groups is 1. The summed E-state index contributed by atoms with van der Waals surface area (Å²) in [6, 6.07) is 13.5. The smallest absolute Gasteiger partial charge is 0.128 e. The average Bonchev–Trinajstić information content (AvgIpc) is 2.49. The van der Waals surface area contributed by atoms with Crippen molar-refractivity contribution in [2.24, 2.45) is 0 Å². The number of hydrogen-bond acceptors (Lipinski definition) is 2. The molecule has 0 fully saturated rings. The van der Waals surface area contributed by atoms with E-state index >= 15 is 0 Å². The van der Waals surface area contributed by atoms with Crippen LogP contribution in [0.5, 0.6) is 5.75 Å². The second-order valence-electron chi connectivity index (χ2n) is 4.39. The van der Waals surface area contributed by atoms with Gasteiger partial charge in [0, 0.05) is 0 Å². The average molecular weight is 337 g/mol. The summed E-state index contributed by atoms with van der Waals surface area (Å²) >= 11 is 3.52. The molecule has 2 aromatic carbocycles. The molecule has 0 N–H and O–H groups in total. The van der Waals surface area contributed by atoms with Gasteiger partial charge in [0.1, 0.15) is 17.9 Å². The number of halogens is 2. The van der Waals surface area contributed by atoms with Crippen molar-refractivity contribution in [2.75, 3.05) is 7.11 Å². The Balaban J connectivity index is 2.26. The minimum atomic E-state index is -0.341. The lowest BCUT2D eigenvalue weighted by Crippen LogP contribution is -2.07. The molecule has 0 aliphatic heterocycles. The van der Waals surface area contributed by atoms with Gasteiger partial charge in [-0.05, 0) is 35.4 Å². The summed E-state index contributed by atoms with van der Waals surface area (Å²) in [5.74, 6) is 0.109. The Bertz CT molecular complexity index is 566. The lowest BCUT2D eigenvalue weighted by Gasteiger charge is -2.18. The highest BCUT2D eigenvalue weighted by atomic mass is 79.9. The largest absolute Gasteiger partial charge is 0.497 e. The third-order valence-corrected chi connectivity index (χ3v) is 4.25. The summed E-state index contributed by atoms with van der Waals surface area (Å²) in [6.07, 6.45) is 0.893. The third-order valence-electron chi connectivity index (χ3n) is 3.15. The van der Waals surface area contributed by atoms with Crippen LogP contribution in [0.4, 0.5) is 4.39 Å². The van der Waals surface area contributed by atoms with Gasteiger partial charge < -0.3 is 9.53 Å². The molecule has 20 heavy (non-hydrogen) atoms. The maximum atomic E-state index is 12.9. The van der Waals surface area contributed by atoms with E-state index in [1.165, 1.54) is 12.1 Å². The van der Waals surface area contributed by atoms with Crippen LogP contribution in [0, 0.1) is 5.82 Å². The molecule has 4 heteroatoms. The number of benzene rings is 2. The molecular weight excluding hydrogens is 323 g/mol. The zero-order chi connectivity index (χ0) is 14.5. The molecule has 104 valence electrons. The Morgan fingerprint density at radius 2 is 1.60 bits per heavy atom. The fraction of sp³-hybridized carbons (Fsp3) is 0.188. The second kappa shape index (κ2) is 6.66. The van der Waals surface area contributed by atoms with Crippen LogP contribution in [0.2, 0.25) is 0 Å². The molecule has 2 rings (SSSR count). The van der Waals surface area contributed by atoms with E-state index in [0.29, 0.717) is 0 Å². The maximum Gasteiger partial charge on any atom is 0.128 e. The fourth-order valence-electron chi connectivity index (χ4n) is 2.00. The number of alkyl halides is 1. The molecule has 2 atom stereocenters. The van der Waals surface area contributed by atoms with E-state index in [1.54, 1.807) is 19.2 Å². The summed E-state index contributed by atoms with van der Waals surface area (Å²) in [7, 11) is 1.60. The number of hydrogen-bond donors (Lipinski definition) is 0. The molecule has 0 heterocycles. The van der Waals surface area contributed by atoms with Crippen molar-refractivity contribution in [3.05, 3.63) is 65.5 Å². The number of rotatable bonds is 5. The first-order valence-corrected chi connectivity index (χ1v) is 7.06. The summed E-state index contributed by atoms with van der Waals surface area (Å²) in [4.78, 5) is 11.2. The van der Waals surface area contributed by atoms with Gasteiger partial charge in [0.05, 0.1) is 17.9 Å². The number of aldehydes is 1. The Hall–Kier alpha value is -1.68. The molecule has 2 aromatic rings. The minimum absolute atomic E-state index is 0.200. The highest BCUT2D eigenvalue weighted by Gasteiger charge is 2.22. The topological polar surface area (TPSA) is 26.3 Å². The zero-order valence-corrected chi connectivity index (χ0v) is 12.5. The monoisotopic (exact) mass is 336 g/mol. The van der Waals surface area contributed by atoms with Crippen molar-refractivity contribution in [1.29, 1.82) is 0 Å². The molecule has 0 spiro atoms. The van der Waals surface area contributed by atoms with Gasteiger partial charge >= 0.3 is 0 Å². The van der Waals surface area contributed by atoms with E-state index in [-0.39, 0.29) is 16.6 Å². The van der Waals surface area contributed by atoms with Crippen molar-refractivity contribution >= 4 is 22.2 Å². The van der Waals surface area contributed by atoms with Gasteiger partial charge in [-0.3, -0.25) is 0 Å². The quantitative estimate of drug-likeness (QED) is 0.602. The van der Waals surface area contributed by atoms with Crippen molar-refractivity contribution in [3.8, 4) is 5.75 Å². The van der Waals surface area contributed by atoms with Gasteiger partial charge in [0.2, 0.25) is 0 Å². The van der Waals surface area contributed by atoms with E-state index in [9.17, 15) is 9.18 Å². The van der Waals surface area contributed by atoms with Crippen molar-refractivity contribution < 1.29 is 13.9 Å². The van der Waals surface area contributed by atoms with E-state index in [0.717, 1.165) is 23.2 Å². The van der Waals surface area contributed by atoms with Crippen LogP contribution in [0.15, 0.2) is 48.5 Å². The van der Waals surface area contributed by atoms with E-state index in [2.05, 4.69) is 15.9 Å². The molecule has 2 nitrogen and oxygen atoms in total. The third kappa shape index (κ3) is 3.25. The standard InChI is InChI=1S/C16H14BrFO2/c1-20-14-8-4-11(5-9-14)15(10-19)16(17)12-2-6-13(18)7-3-12/h2-10,15-16H,1H3. The van der Waals surface area contributed by atoms with Crippen LogP contribution in [-0.4, -0.2) is 13.4 Å². The number of ether oxygens (including phenoxy) is 1. The van der Waals surface area contributed by atoms with Gasteiger partial charge in [0.25, 0.3) is 0 Å². The lowest BCUT2D eigenvalue weighted by molar-refractivity contribution is -0.109. The molecule has 2 unspecified atom stereocenters. The van der Waals surface area contributed by atoms with Crippen molar-refractivity contribution in [2.45, 2.75) is 10.7 Å². The van der Waals surface area contributed by atoms with Gasteiger partial charge in [-0.2, -0.15) is 0 Å². The Kier molecular flexibility index (Phi) is 4.90. The molecular formula is C16H14BrFO2. The zero-order valence-electron chi connectivity index (χ0n) is 10.9. The molecule has 0 aromatic heterocycles. The Labute approximate surface area is 125 Å². The van der Waals surface area contributed by atoms with Crippen LogP contribution >= 0.6 is 15.9 Å². The molecule has 0 aliphatic carbocycles. The van der Waals surface area contributed by atoms with Crippen LogP contribution in [0.25, 0.3) is 0 Å². The Morgan fingerprint density at radius 1 is 1.05 bits per heavy atom. The van der Waals surface area contributed by atoms with Gasteiger partial charge in [-0.25, -0.2) is 4.39 Å². The summed E-state index contributed by atoms with van der Waals surface area (Å²) in [6.45, 7) is 0. The SMILES string of the molecule is COc1ccc(C(C=O)C(Br)c2ccc(F)cc2)cc1. The van der Waals surface area contributed by atoms with Crippen LogP contribution < -0.4 is 4.74 Å². The summed E-state index contributed by atoms with van der Waals surface area (Å²) in [5.41, 5.74) is 1.74. The predicted octanol–water partition coefficient (Wildman–Crippen LogP) is 4.25. The predicted molar refractivity (Wildman–Crippen MR) is 79.9 cm³/mol. The molecule has 0 saturated carbocycles. The van der Waals surface area contributed by atoms with E-state index < -0.39 is 0 Å². The molecule has 0 aliphatic rings. The molecule has 0 radical (unpaired) electrons. The normalized spacial score (nSPS) is 13.6. The second-order valence-corrected chi connectivity index (χ2v) is 5.37. The lowest BCUT2D eigenvalue weighted by atomic mass is 9.93. The maximum absolute atomic E-state index is 12.9. The van der Waals surface area contributed by atoms with E-state index in [1.807, 2.05) is 24.3 Å². The molecule has 0 saturated heterocycles. The summed E-state index contributed by atoms with van der Waals surface area (Å²) in [5, 5.41) is 0. The number of carbonyl (C=O) groups excluding carboxylic acids is 1. The highest BCUT2D eigenvalue weighted by molar-refractivity contribution is 9.09. The van der Waals surface area contributed by atoms with E-state index in [4.69, 9.17) is 4.74 Å². The first-order chi connectivity index (χ1) is 9.65. The van der Waals surface area contributed by atoms with Crippen LogP contribution in [0.1, 0.15) is 21.9 Å². The van der Waals surface area contributed by atoms with Crippen molar-refractivity contribution in [3.63, 3.8) is 0 Å². The van der Waals surface area contributed by atoms with Gasteiger partial charge in [0.15, 0.2) is 0 Å². The number of methoxy groups -OCH3 is 1. The molecule has 0 amide bonds. The first-order valence-electron chi connectivity index (χ1n) is 6.14. The minimum Gasteiger partial charge on any atom is -0.497 e. The fourth-order valence-corrected chi connectivity index (χ4v) is 2.73. The summed E-state index contributed by atoms with van der Waals surface area (Å²) < 4.78 is 18.0.